The zero-order valence-electron chi connectivity index (χ0n) is 13.8. The molecule has 0 aromatic heterocycles. The van der Waals surface area contributed by atoms with Crippen molar-refractivity contribution < 1.29 is 9.18 Å². The van der Waals surface area contributed by atoms with Crippen molar-refractivity contribution in [1.82, 2.24) is 4.90 Å². The second-order valence-electron chi connectivity index (χ2n) is 5.46. The van der Waals surface area contributed by atoms with E-state index in [9.17, 15) is 9.18 Å². The largest absolute Gasteiger partial charge is 0.370 e. The number of aryl methyl sites for hydroxylation is 1. The van der Waals surface area contributed by atoms with Gasteiger partial charge in [-0.2, -0.15) is 0 Å². The topological polar surface area (TPSA) is 32.3 Å². The van der Waals surface area contributed by atoms with Crippen LogP contribution in [-0.4, -0.2) is 23.9 Å². The fourth-order valence-corrected chi connectivity index (χ4v) is 2.50. The Balaban J connectivity index is 2.33. The molecule has 2 aromatic rings. The second-order valence-corrected chi connectivity index (χ2v) is 5.46. The van der Waals surface area contributed by atoms with Crippen molar-refractivity contribution in [2.75, 3.05) is 18.4 Å². The SMILES string of the molecule is CCN(CC)C(=O)[C@H](Nc1ccc(C)c(F)c1)c1ccccc1. The van der Waals surface area contributed by atoms with E-state index < -0.39 is 6.04 Å². The Kier molecular flexibility index (Phi) is 5.74. The summed E-state index contributed by atoms with van der Waals surface area (Å²) >= 11 is 0. The molecule has 0 heterocycles. The predicted octanol–water partition coefficient (Wildman–Crippen LogP) is 4.16. The van der Waals surface area contributed by atoms with Crippen LogP contribution in [0.1, 0.15) is 31.0 Å². The Labute approximate surface area is 137 Å². The molecule has 0 spiro atoms. The molecule has 122 valence electrons. The number of nitrogens with one attached hydrogen (secondary N) is 1. The minimum atomic E-state index is -0.529. The van der Waals surface area contributed by atoms with Crippen LogP contribution in [0.2, 0.25) is 0 Å². The summed E-state index contributed by atoms with van der Waals surface area (Å²) in [6.45, 7) is 6.91. The molecule has 2 aromatic carbocycles. The number of halogens is 1. The number of nitrogens with zero attached hydrogens (tertiary/aromatic N) is 1. The number of rotatable bonds is 6. The van der Waals surface area contributed by atoms with Crippen molar-refractivity contribution in [3.8, 4) is 0 Å². The Morgan fingerprint density at radius 3 is 2.35 bits per heavy atom. The third-order valence-corrected chi connectivity index (χ3v) is 3.94. The molecule has 0 bridgehead atoms. The van der Waals surface area contributed by atoms with Crippen LogP contribution in [0.25, 0.3) is 0 Å². The van der Waals surface area contributed by atoms with E-state index in [-0.39, 0.29) is 11.7 Å². The molecule has 1 N–H and O–H groups in total. The summed E-state index contributed by atoms with van der Waals surface area (Å²) in [5.41, 5.74) is 2.05. The molecule has 0 fully saturated rings. The normalized spacial score (nSPS) is 11.8. The van der Waals surface area contributed by atoms with Gasteiger partial charge in [-0.05, 0) is 44.0 Å². The Morgan fingerprint density at radius 1 is 1.13 bits per heavy atom. The molecule has 3 nitrogen and oxygen atoms in total. The molecule has 1 atom stereocenters. The number of hydrogen-bond acceptors (Lipinski definition) is 2. The highest BCUT2D eigenvalue weighted by atomic mass is 19.1. The van der Waals surface area contributed by atoms with Crippen LogP contribution >= 0.6 is 0 Å². The number of likely N-dealkylation sites (N-methyl/N-ethyl adjacent to an activating group) is 1. The molecule has 0 aliphatic heterocycles. The van der Waals surface area contributed by atoms with Gasteiger partial charge < -0.3 is 10.2 Å². The molecule has 0 aliphatic rings. The lowest BCUT2D eigenvalue weighted by Gasteiger charge is -2.27. The number of hydrogen-bond donors (Lipinski definition) is 1. The standard InChI is InChI=1S/C19H23FN2O/c1-4-22(5-2)19(23)18(15-9-7-6-8-10-15)21-16-12-11-14(3)17(20)13-16/h6-13,18,21H,4-5H2,1-3H3/t18-/m1/s1. The quantitative estimate of drug-likeness (QED) is 0.868. The molecule has 0 aliphatic carbocycles. The van der Waals surface area contributed by atoms with Gasteiger partial charge in [0.15, 0.2) is 0 Å². The van der Waals surface area contributed by atoms with Crippen molar-refractivity contribution in [2.45, 2.75) is 26.8 Å². The van der Waals surface area contributed by atoms with Gasteiger partial charge in [-0.25, -0.2) is 4.39 Å². The van der Waals surface area contributed by atoms with Crippen LogP contribution in [0.3, 0.4) is 0 Å². The van der Waals surface area contributed by atoms with E-state index in [0.29, 0.717) is 24.3 Å². The van der Waals surface area contributed by atoms with Gasteiger partial charge in [-0.1, -0.05) is 36.4 Å². The molecule has 0 saturated heterocycles. The van der Waals surface area contributed by atoms with E-state index in [1.54, 1.807) is 24.0 Å². The van der Waals surface area contributed by atoms with E-state index in [2.05, 4.69) is 5.32 Å². The molecule has 0 unspecified atom stereocenters. The van der Waals surface area contributed by atoms with Crippen molar-refractivity contribution in [1.29, 1.82) is 0 Å². The summed E-state index contributed by atoms with van der Waals surface area (Å²) in [4.78, 5) is 14.6. The maximum atomic E-state index is 13.8. The summed E-state index contributed by atoms with van der Waals surface area (Å²) in [6, 6.07) is 13.9. The Morgan fingerprint density at radius 2 is 1.78 bits per heavy atom. The molecule has 0 saturated carbocycles. The first-order chi connectivity index (χ1) is 11.1. The first kappa shape index (κ1) is 17.0. The zero-order chi connectivity index (χ0) is 16.8. The van der Waals surface area contributed by atoms with Gasteiger partial charge in [0.25, 0.3) is 0 Å². The van der Waals surface area contributed by atoms with E-state index in [1.807, 2.05) is 44.2 Å². The highest BCUT2D eigenvalue weighted by Gasteiger charge is 2.24. The van der Waals surface area contributed by atoms with Crippen molar-refractivity contribution >= 4 is 11.6 Å². The van der Waals surface area contributed by atoms with E-state index >= 15 is 0 Å². The number of carbonyl (C=O) groups excluding carboxylic acids is 1. The fraction of sp³-hybridized carbons (Fsp3) is 0.316. The third-order valence-electron chi connectivity index (χ3n) is 3.94. The number of carbonyl (C=O) groups is 1. The van der Waals surface area contributed by atoms with Crippen LogP contribution in [0.4, 0.5) is 10.1 Å². The van der Waals surface area contributed by atoms with Crippen molar-refractivity contribution in [2.24, 2.45) is 0 Å². The first-order valence-electron chi connectivity index (χ1n) is 7.93. The van der Waals surface area contributed by atoms with Gasteiger partial charge in [0.05, 0.1) is 0 Å². The van der Waals surface area contributed by atoms with E-state index in [4.69, 9.17) is 0 Å². The lowest BCUT2D eigenvalue weighted by Crippen LogP contribution is -2.37. The van der Waals surface area contributed by atoms with Gasteiger partial charge >= 0.3 is 0 Å². The lowest BCUT2D eigenvalue weighted by molar-refractivity contribution is -0.131. The van der Waals surface area contributed by atoms with Gasteiger partial charge in [0, 0.05) is 18.8 Å². The van der Waals surface area contributed by atoms with Crippen molar-refractivity contribution in [3.05, 3.63) is 65.5 Å². The summed E-state index contributed by atoms with van der Waals surface area (Å²) in [7, 11) is 0. The minimum Gasteiger partial charge on any atom is -0.370 e. The van der Waals surface area contributed by atoms with Crippen molar-refractivity contribution in [3.63, 3.8) is 0 Å². The van der Waals surface area contributed by atoms with Gasteiger partial charge in [-0.15, -0.1) is 0 Å². The van der Waals surface area contributed by atoms with Crippen LogP contribution in [-0.2, 0) is 4.79 Å². The fourth-order valence-electron chi connectivity index (χ4n) is 2.50. The molecule has 23 heavy (non-hydrogen) atoms. The highest BCUT2D eigenvalue weighted by molar-refractivity contribution is 5.86. The van der Waals surface area contributed by atoms with Gasteiger partial charge in [0.2, 0.25) is 5.91 Å². The Bertz CT molecular complexity index is 654. The maximum absolute atomic E-state index is 13.8. The smallest absolute Gasteiger partial charge is 0.249 e. The van der Waals surface area contributed by atoms with E-state index in [0.717, 1.165) is 5.56 Å². The predicted molar refractivity (Wildman–Crippen MR) is 91.9 cm³/mol. The highest BCUT2D eigenvalue weighted by Crippen LogP contribution is 2.23. The van der Waals surface area contributed by atoms with Gasteiger partial charge in [-0.3, -0.25) is 4.79 Å². The first-order valence-corrected chi connectivity index (χ1v) is 7.93. The molecule has 2 rings (SSSR count). The number of anilines is 1. The van der Waals surface area contributed by atoms with E-state index in [1.165, 1.54) is 6.07 Å². The summed E-state index contributed by atoms with van der Waals surface area (Å²) in [5, 5.41) is 3.18. The van der Waals surface area contributed by atoms with Crippen LogP contribution in [0.15, 0.2) is 48.5 Å². The molecule has 1 amide bonds. The Hall–Kier alpha value is -2.36. The molecule has 4 heteroatoms. The summed E-state index contributed by atoms with van der Waals surface area (Å²) < 4.78 is 13.8. The van der Waals surface area contributed by atoms with Gasteiger partial charge in [0.1, 0.15) is 11.9 Å². The molecule has 0 radical (unpaired) electrons. The average Bonchev–Trinajstić information content (AvgIpc) is 2.57. The van der Waals surface area contributed by atoms with Crippen LogP contribution in [0.5, 0.6) is 0 Å². The minimum absolute atomic E-state index is 0.0119. The average molecular weight is 314 g/mol. The maximum Gasteiger partial charge on any atom is 0.249 e. The number of benzene rings is 2. The molecular weight excluding hydrogens is 291 g/mol. The van der Waals surface area contributed by atoms with Crippen LogP contribution in [0, 0.1) is 12.7 Å². The third kappa shape index (κ3) is 4.09. The summed E-state index contributed by atoms with van der Waals surface area (Å²) in [6.07, 6.45) is 0. The monoisotopic (exact) mass is 314 g/mol. The van der Waals surface area contributed by atoms with Crippen LogP contribution < -0.4 is 5.32 Å². The lowest BCUT2D eigenvalue weighted by atomic mass is 10.0. The zero-order valence-corrected chi connectivity index (χ0v) is 13.8. The second kappa shape index (κ2) is 7.77. The number of amides is 1. The summed E-state index contributed by atoms with van der Waals surface area (Å²) in [5.74, 6) is -0.292. The molecular formula is C19H23FN2O.